The van der Waals surface area contributed by atoms with Crippen molar-refractivity contribution >= 4 is 5.97 Å². The van der Waals surface area contributed by atoms with Gasteiger partial charge in [0.1, 0.15) is 11.8 Å². The maximum absolute atomic E-state index is 10.6. The van der Waals surface area contributed by atoms with Crippen molar-refractivity contribution in [2.24, 2.45) is 0 Å². The third-order valence-corrected chi connectivity index (χ3v) is 2.36. The number of methoxy groups -OCH3 is 1. The number of rotatable bonds is 4. The van der Waals surface area contributed by atoms with Crippen LogP contribution in [0.25, 0.3) is 0 Å². The van der Waals surface area contributed by atoms with E-state index in [1.54, 1.807) is 12.1 Å². The molecule has 16 heavy (non-hydrogen) atoms. The molecular weight excluding hydrogens is 206 g/mol. The van der Waals surface area contributed by atoms with Gasteiger partial charge in [-0.05, 0) is 17.5 Å². The summed E-state index contributed by atoms with van der Waals surface area (Å²) in [7, 11) is 1.49. The molecule has 4 nitrogen and oxygen atoms in total. The van der Waals surface area contributed by atoms with Crippen molar-refractivity contribution in [1.82, 2.24) is 0 Å². The predicted molar refractivity (Wildman–Crippen MR) is 58.4 cm³/mol. The molecule has 0 atom stereocenters. The number of hydrogen-bond acceptors (Lipinski definition) is 3. The van der Waals surface area contributed by atoms with Crippen LogP contribution in [0.4, 0.5) is 0 Å². The summed E-state index contributed by atoms with van der Waals surface area (Å²) >= 11 is 0. The predicted octanol–water partition coefficient (Wildman–Crippen LogP) is 1.76. The first-order valence-electron chi connectivity index (χ1n) is 4.94. The van der Waals surface area contributed by atoms with E-state index in [4.69, 9.17) is 15.1 Å². The number of nitriles is 1. The molecule has 0 amide bonds. The Bertz CT molecular complexity index is 446. The number of carboxylic acids is 1. The molecule has 0 unspecified atom stereocenters. The Morgan fingerprint density at radius 3 is 2.56 bits per heavy atom. The van der Waals surface area contributed by atoms with Crippen LogP contribution in [-0.2, 0) is 17.6 Å². The number of ether oxygens (including phenoxy) is 1. The largest absolute Gasteiger partial charge is 0.495 e. The first kappa shape index (κ1) is 12.1. The second-order valence-electron chi connectivity index (χ2n) is 3.33. The SMILES string of the molecule is CCc1ccc(CC(=O)O)c(C#N)c1OC. The Balaban J connectivity index is 3.32. The summed E-state index contributed by atoms with van der Waals surface area (Å²) in [6, 6.07) is 5.48. The quantitative estimate of drug-likeness (QED) is 0.837. The van der Waals surface area contributed by atoms with Crippen LogP contribution >= 0.6 is 0 Å². The van der Waals surface area contributed by atoms with Crippen molar-refractivity contribution in [3.05, 3.63) is 28.8 Å². The summed E-state index contributed by atoms with van der Waals surface area (Å²) in [5, 5.41) is 17.8. The number of aliphatic carboxylic acids is 1. The van der Waals surface area contributed by atoms with E-state index in [0.29, 0.717) is 16.9 Å². The molecule has 0 aromatic heterocycles. The lowest BCUT2D eigenvalue weighted by atomic mass is 9.99. The molecule has 1 aromatic carbocycles. The first-order valence-corrected chi connectivity index (χ1v) is 4.94. The molecule has 0 saturated carbocycles. The Labute approximate surface area is 94.1 Å². The lowest BCUT2D eigenvalue weighted by Crippen LogP contribution is -2.05. The second kappa shape index (κ2) is 5.17. The van der Waals surface area contributed by atoms with Crippen LogP contribution in [0.2, 0.25) is 0 Å². The molecule has 0 radical (unpaired) electrons. The number of benzene rings is 1. The number of carboxylic acid groups (broad SMARTS) is 1. The molecule has 0 aliphatic carbocycles. The number of nitrogens with zero attached hydrogens (tertiary/aromatic N) is 1. The number of carbonyl (C=O) groups is 1. The Kier molecular flexibility index (Phi) is 3.90. The number of hydrogen-bond donors (Lipinski definition) is 1. The van der Waals surface area contributed by atoms with Gasteiger partial charge in [0.05, 0.1) is 19.1 Å². The molecule has 0 aliphatic heterocycles. The molecule has 0 fully saturated rings. The maximum Gasteiger partial charge on any atom is 0.307 e. The van der Waals surface area contributed by atoms with Gasteiger partial charge in [0.2, 0.25) is 0 Å². The molecule has 0 bridgehead atoms. The molecule has 0 spiro atoms. The van der Waals surface area contributed by atoms with Crippen LogP contribution in [0.1, 0.15) is 23.6 Å². The lowest BCUT2D eigenvalue weighted by Gasteiger charge is -2.11. The monoisotopic (exact) mass is 219 g/mol. The van der Waals surface area contributed by atoms with E-state index >= 15 is 0 Å². The highest BCUT2D eigenvalue weighted by Gasteiger charge is 2.14. The van der Waals surface area contributed by atoms with E-state index in [9.17, 15) is 4.79 Å². The first-order chi connectivity index (χ1) is 7.63. The standard InChI is InChI=1S/C12H13NO3/c1-3-8-4-5-9(6-11(14)15)10(7-13)12(8)16-2/h4-5H,3,6H2,1-2H3,(H,14,15). The zero-order valence-electron chi connectivity index (χ0n) is 9.28. The van der Waals surface area contributed by atoms with E-state index in [1.807, 2.05) is 13.0 Å². The molecule has 0 aliphatic rings. The van der Waals surface area contributed by atoms with Crippen molar-refractivity contribution < 1.29 is 14.6 Å². The Hall–Kier alpha value is -2.02. The van der Waals surface area contributed by atoms with Crippen LogP contribution in [0.3, 0.4) is 0 Å². The highest BCUT2D eigenvalue weighted by Crippen LogP contribution is 2.27. The van der Waals surface area contributed by atoms with Gasteiger partial charge < -0.3 is 9.84 Å². The van der Waals surface area contributed by atoms with Crippen LogP contribution in [-0.4, -0.2) is 18.2 Å². The number of aryl methyl sites for hydroxylation is 1. The summed E-state index contributed by atoms with van der Waals surface area (Å²) in [6.07, 6.45) is 0.578. The molecule has 0 saturated heterocycles. The third kappa shape index (κ3) is 2.31. The van der Waals surface area contributed by atoms with Crippen LogP contribution in [0, 0.1) is 11.3 Å². The summed E-state index contributed by atoms with van der Waals surface area (Å²) in [6.45, 7) is 1.95. The summed E-state index contributed by atoms with van der Waals surface area (Å²) in [5.41, 5.74) is 1.72. The zero-order valence-corrected chi connectivity index (χ0v) is 9.28. The lowest BCUT2D eigenvalue weighted by molar-refractivity contribution is -0.136. The van der Waals surface area contributed by atoms with Gasteiger partial charge in [-0.25, -0.2) is 0 Å². The van der Waals surface area contributed by atoms with Gasteiger partial charge in [-0.1, -0.05) is 19.1 Å². The molecular formula is C12H13NO3. The Morgan fingerprint density at radius 1 is 1.50 bits per heavy atom. The van der Waals surface area contributed by atoms with Crippen molar-refractivity contribution in [2.75, 3.05) is 7.11 Å². The molecule has 1 aromatic rings. The maximum atomic E-state index is 10.6. The average molecular weight is 219 g/mol. The van der Waals surface area contributed by atoms with Crippen LogP contribution in [0.5, 0.6) is 5.75 Å². The highest BCUT2D eigenvalue weighted by molar-refractivity contribution is 5.72. The van der Waals surface area contributed by atoms with Gasteiger partial charge in [-0.3, -0.25) is 4.79 Å². The molecule has 4 heteroatoms. The van der Waals surface area contributed by atoms with Crippen molar-refractivity contribution in [1.29, 1.82) is 5.26 Å². The Morgan fingerprint density at radius 2 is 2.12 bits per heavy atom. The molecule has 1 rings (SSSR count). The molecule has 0 heterocycles. The fourth-order valence-corrected chi connectivity index (χ4v) is 1.61. The van der Waals surface area contributed by atoms with Gasteiger partial charge in [-0.2, -0.15) is 5.26 Å². The minimum atomic E-state index is -0.956. The van der Waals surface area contributed by atoms with Crippen LogP contribution in [0.15, 0.2) is 12.1 Å². The minimum absolute atomic E-state index is 0.163. The van der Waals surface area contributed by atoms with E-state index in [1.165, 1.54) is 7.11 Å². The molecule has 1 N–H and O–H groups in total. The smallest absolute Gasteiger partial charge is 0.307 e. The van der Waals surface area contributed by atoms with E-state index in [0.717, 1.165) is 12.0 Å². The van der Waals surface area contributed by atoms with Gasteiger partial charge in [0.25, 0.3) is 0 Å². The van der Waals surface area contributed by atoms with Crippen molar-refractivity contribution in [2.45, 2.75) is 19.8 Å². The topological polar surface area (TPSA) is 70.3 Å². The van der Waals surface area contributed by atoms with Gasteiger partial charge in [0, 0.05) is 0 Å². The van der Waals surface area contributed by atoms with Crippen molar-refractivity contribution in [3.8, 4) is 11.8 Å². The normalized spacial score (nSPS) is 9.56. The summed E-state index contributed by atoms with van der Waals surface area (Å²) < 4.78 is 5.17. The van der Waals surface area contributed by atoms with Gasteiger partial charge in [0.15, 0.2) is 0 Å². The zero-order chi connectivity index (χ0) is 12.1. The summed E-state index contributed by atoms with van der Waals surface area (Å²) in [5.74, 6) is -0.466. The van der Waals surface area contributed by atoms with Gasteiger partial charge in [-0.15, -0.1) is 0 Å². The molecule has 84 valence electrons. The van der Waals surface area contributed by atoms with E-state index in [2.05, 4.69) is 0 Å². The fraction of sp³-hybridized carbons (Fsp3) is 0.333. The van der Waals surface area contributed by atoms with Crippen LogP contribution < -0.4 is 4.74 Å². The van der Waals surface area contributed by atoms with E-state index < -0.39 is 5.97 Å². The minimum Gasteiger partial charge on any atom is -0.495 e. The third-order valence-electron chi connectivity index (χ3n) is 2.36. The average Bonchev–Trinajstić information content (AvgIpc) is 2.27. The fourth-order valence-electron chi connectivity index (χ4n) is 1.61. The highest BCUT2D eigenvalue weighted by atomic mass is 16.5. The van der Waals surface area contributed by atoms with E-state index in [-0.39, 0.29) is 6.42 Å². The van der Waals surface area contributed by atoms with Crippen molar-refractivity contribution in [3.63, 3.8) is 0 Å². The second-order valence-corrected chi connectivity index (χ2v) is 3.33. The summed E-state index contributed by atoms with van der Waals surface area (Å²) in [4.78, 5) is 10.6. The van der Waals surface area contributed by atoms with Gasteiger partial charge >= 0.3 is 5.97 Å².